The number of anilines is 1. The van der Waals surface area contributed by atoms with Gasteiger partial charge in [0.1, 0.15) is 18.5 Å². The second-order valence-electron chi connectivity index (χ2n) is 7.39. The SMILES string of the molecule is Cc1nnc(-c2cccc(OCC(O)CN3CCN(c4cccc(Cl)c4)CC3)c2)o1. The Bertz CT molecular complexity index is 972. The van der Waals surface area contributed by atoms with Gasteiger partial charge in [0.05, 0.1) is 0 Å². The maximum atomic E-state index is 10.4. The van der Waals surface area contributed by atoms with Crippen LogP contribution in [-0.2, 0) is 0 Å². The number of ether oxygens (including phenoxy) is 1. The van der Waals surface area contributed by atoms with Gasteiger partial charge in [-0.15, -0.1) is 10.2 Å². The molecule has 1 fully saturated rings. The van der Waals surface area contributed by atoms with E-state index in [9.17, 15) is 5.11 Å². The fourth-order valence-corrected chi connectivity index (χ4v) is 3.72. The van der Waals surface area contributed by atoms with Crippen molar-refractivity contribution in [1.29, 1.82) is 0 Å². The van der Waals surface area contributed by atoms with Crippen molar-refractivity contribution in [2.24, 2.45) is 0 Å². The van der Waals surface area contributed by atoms with Gasteiger partial charge in [-0.1, -0.05) is 23.7 Å². The first-order chi connectivity index (χ1) is 14.6. The van der Waals surface area contributed by atoms with Crippen LogP contribution in [0.3, 0.4) is 0 Å². The van der Waals surface area contributed by atoms with Crippen LogP contribution >= 0.6 is 11.6 Å². The average Bonchev–Trinajstić information content (AvgIpc) is 3.19. The highest BCUT2D eigenvalue weighted by Crippen LogP contribution is 2.23. The highest BCUT2D eigenvalue weighted by molar-refractivity contribution is 6.30. The number of aromatic nitrogens is 2. The molecule has 0 amide bonds. The number of halogens is 1. The second kappa shape index (κ2) is 9.47. The first-order valence-electron chi connectivity index (χ1n) is 10.0. The Morgan fingerprint density at radius 2 is 1.90 bits per heavy atom. The summed E-state index contributed by atoms with van der Waals surface area (Å²) in [6, 6.07) is 15.4. The zero-order valence-corrected chi connectivity index (χ0v) is 17.6. The highest BCUT2D eigenvalue weighted by atomic mass is 35.5. The van der Waals surface area contributed by atoms with E-state index in [1.807, 2.05) is 42.5 Å². The summed E-state index contributed by atoms with van der Waals surface area (Å²) in [5.74, 6) is 1.63. The van der Waals surface area contributed by atoms with Crippen molar-refractivity contribution in [3.63, 3.8) is 0 Å². The molecule has 1 unspecified atom stereocenters. The molecule has 8 heteroatoms. The lowest BCUT2D eigenvalue weighted by atomic mass is 10.2. The number of aryl methyl sites for hydroxylation is 1. The Kier molecular flexibility index (Phi) is 6.52. The van der Waals surface area contributed by atoms with Crippen LogP contribution in [0.4, 0.5) is 5.69 Å². The number of aliphatic hydroxyl groups is 1. The normalized spacial score (nSPS) is 15.9. The molecule has 3 aromatic rings. The summed E-state index contributed by atoms with van der Waals surface area (Å²) < 4.78 is 11.2. The molecule has 1 atom stereocenters. The lowest BCUT2D eigenvalue weighted by Gasteiger charge is -2.36. The number of hydrogen-bond acceptors (Lipinski definition) is 7. The summed E-state index contributed by atoms with van der Waals surface area (Å²) in [6.07, 6.45) is -0.572. The highest BCUT2D eigenvalue weighted by Gasteiger charge is 2.20. The fourth-order valence-electron chi connectivity index (χ4n) is 3.54. The largest absolute Gasteiger partial charge is 0.491 e. The van der Waals surface area contributed by atoms with Crippen LogP contribution < -0.4 is 9.64 Å². The number of nitrogens with zero attached hydrogens (tertiary/aromatic N) is 4. The van der Waals surface area contributed by atoms with Crippen molar-refractivity contribution in [3.8, 4) is 17.2 Å². The zero-order chi connectivity index (χ0) is 20.9. The third-order valence-corrected chi connectivity index (χ3v) is 5.30. The number of piperazine rings is 1. The van der Waals surface area contributed by atoms with Gasteiger partial charge in [0.2, 0.25) is 11.8 Å². The van der Waals surface area contributed by atoms with Crippen molar-refractivity contribution in [1.82, 2.24) is 15.1 Å². The summed E-state index contributed by atoms with van der Waals surface area (Å²) >= 11 is 6.10. The topological polar surface area (TPSA) is 74.9 Å². The molecule has 0 bridgehead atoms. The molecule has 4 rings (SSSR count). The fraction of sp³-hybridized carbons (Fsp3) is 0.364. The van der Waals surface area contributed by atoms with Crippen molar-refractivity contribution >= 4 is 17.3 Å². The zero-order valence-electron chi connectivity index (χ0n) is 16.9. The van der Waals surface area contributed by atoms with E-state index < -0.39 is 6.10 Å². The third-order valence-electron chi connectivity index (χ3n) is 5.06. The molecule has 158 valence electrons. The minimum atomic E-state index is -0.572. The maximum absolute atomic E-state index is 10.4. The minimum absolute atomic E-state index is 0.223. The van der Waals surface area contributed by atoms with E-state index >= 15 is 0 Å². The first-order valence-corrected chi connectivity index (χ1v) is 10.4. The van der Waals surface area contributed by atoms with Gasteiger partial charge >= 0.3 is 0 Å². The van der Waals surface area contributed by atoms with Crippen LogP contribution in [0.15, 0.2) is 52.9 Å². The van der Waals surface area contributed by atoms with E-state index in [2.05, 4.69) is 26.1 Å². The van der Waals surface area contributed by atoms with Gasteiger partial charge in [-0.3, -0.25) is 4.90 Å². The molecule has 1 aliphatic rings. The molecule has 1 N–H and O–H groups in total. The molecule has 1 aromatic heterocycles. The lowest BCUT2D eigenvalue weighted by Crippen LogP contribution is -2.49. The summed E-state index contributed by atoms with van der Waals surface area (Å²) in [4.78, 5) is 4.57. The quantitative estimate of drug-likeness (QED) is 0.619. The van der Waals surface area contributed by atoms with Gasteiger partial charge in [0.15, 0.2) is 0 Å². The molecule has 1 aliphatic heterocycles. The van der Waals surface area contributed by atoms with Gasteiger partial charge in [0.25, 0.3) is 0 Å². The predicted octanol–water partition coefficient (Wildman–Crippen LogP) is 3.26. The van der Waals surface area contributed by atoms with Crippen molar-refractivity contribution in [2.75, 3.05) is 44.2 Å². The van der Waals surface area contributed by atoms with Crippen LogP contribution in [0.5, 0.6) is 5.75 Å². The average molecular weight is 429 g/mol. The maximum Gasteiger partial charge on any atom is 0.247 e. The van der Waals surface area contributed by atoms with Crippen molar-refractivity contribution in [2.45, 2.75) is 13.0 Å². The summed E-state index contributed by atoms with van der Waals surface area (Å²) in [5.41, 5.74) is 1.93. The van der Waals surface area contributed by atoms with Gasteiger partial charge in [-0.25, -0.2) is 0 Å². The first kappa shape index (κ1) is 20.7. The number of aliphatic hydroxyl groups excluding tert-OH is 1. The van der Waals surface area contributed by atoms with E-state index in [1.54, 1.807) is 6.92 Å². The summed E-state index contributed by atoms with van der Waals surface area (Å²) in [5, 5.41) is 19.1. The van der Waals surface area contributed by atoms with Crippen LogP contribution in [-0.4, -0.2) is 65.6 Å². The number of β-amino-alcohol motifs (C(OH)–C–C–N with tert-alkyl or cyclic N) is 1. The van der Waals surface area contributed by atoms with Crippen molar-refractivity contribution < 1.29 is 14.3 Å². The Morgan fingerprint density at radius 1 is 1.10 bits per heavy atom. The van der Waals surface area contributed by atoms with Crippen LogP contribution in [0.25, 0.3) is 11.5 Å². The monoisotopic (exact) mass is 428 g/mol. The lowest BCUT2D eigenvalue weighted by molar-refractivity contribution is 0.0663. The van der Waals surface area contributed by atoms with Gasteiger partial charge in [-0.2, -0.15) is 0 Å². The Balaban J connectivity index is 1.24. The molecule has 0 spiro atoms. The van der Waals surface area contributed by atoms with E-state index in [4.69, 9.17) is 20.8 Å². The molecular weight excluding hydrogens is 404 g/mol. The van der Waals surface area contributed by atoms with Crippen molar-refractivity contribution in [3.05, 3.63) is 59.4 Å². The minimum Gasteiger partial charge on any atom is -0.491 e. The molecule has 2 heterocycles. The van der Waals surface area contributed by atoms with Crippen LogP contribution in [0, 0.1) is 6.92 Å². The molecule has 0 radical (unpaired) electrons. The summed E-state index contributed by atoms with van der Waals surface area (Å²) in [6.45, 7) is 6.12. The third kappa shape index (κ3) is 5.30. The molecule has 0 aliphatic carbocycles. The van der Waals surface area contributed by atoms with E-state index in [0.29, 0.717) is 24.1 Å². The van der Waals surface area contributed by atoms with E-state index in [1.165, 1.54) is 0 Å². The molecule has 2 aromatic carbocycles. The molecule has 0 saturated carbocycles. The number of benzene rings is 2. The smallest absolute Gasteiger partial charge is 0.247 e. The van der Waals surface area contributed by atoms with E-state index in [0.717, 1.165) is 42.5 Å². The molecule has 7 nitrogen and oxygen atoms in total. The molecule has 30 heavy (non-hydrogen) atoms. The van der Waals surface area contributed by atoms with Gasteiger partial charge < -0.3 is 19.2 Å². The Labute approximate surface area is 180 Å². The standard InChI is InChI=1S/C22H25ClN4O3/c1-16-24-25-22(30-16)17-4-2-7-21(12-17)29-15-20(28)14-26-8-10-27(11-9-26)19-6-3-5-18(23)13-19/h2-7,12-13,20,28H,8-11,14-15H2,1H3. The van der Waals surface area contributed by atoms with E-state index in [-0.39, 0.29) is 6.61 Å². The van der Waals surface area contributed by atoms with Gasteiger partial charge in [0, 0.05) is 55.9 Å². The predicted molar refractivity (Wildman–Crippen MR) is 116 cm³/mol. The molecular formula is C22H25ClN4O3. The summed E-state index contributed by atoms with van der Waals surface area (Å²) in [7, 11) is 0. The van der Waals surface area contributed by atoms with Crippen LogP contribution in [0.1, 0.15) is 5.89 Å². The Hall–Kier alpha value is -2.61. The number of hydrogen-bond donors (Lipinski definition) is 1. The van der Waals surface area contributed by atoms with Crippen LogP contribution in [0.2, 0.25) is 5.02 Å². The number of rotatable bonds is 7. The Morgan fingerprint density at radius 3 is 2.63 bits per heavy atom. The second-order valence-corrected chi connectivity index (χ2v) is 7.82. The molecule has 1 saturated heterocycles. The van der Waals surface area contributed by atoms with Gasteiger partial charge in [-0.05, 0) is 36.4 Å².